The first kappa shape index (κ1) is 14.4. The van der Waals surface area contributed by atoms with Gasteiger partial charge in [-0.1, -0.05) is 0 Å². The summed E-state index contributed by atoms with van der Waals surface area (Å²) in [6, 6.07) is 3.43. The zero-order chi connectivity index (χ0) is 13.8. The molecule has 100 valence electrons. The van der Waals surface area contributed by atoms with E-state index in [1.54, 1.807) is 52.3 Å². The lowest BCUT2D eigenvalue weighted by Crippen LogP contribution is -2.36. The summed E-state index contributed by atoms with van der Waals surface area (Å²) in [6.07, 6.45) is 2.01. The van der Waals surface area contributed by atoms with Crippen LogP contribution in [0.25, 0.3) is 0 Å². The number of amides is 1. The number of aliphatic hydroxyl groups excluding tert-OH is 1. The summed E-state index contributed by atoms with van der Waals surface area (Å²) >= 11 is 0. The molecule has 0 saturated carbocycles. The number of aliphatic hydroxyl groups is 1. The van der Waals surface area contributed by atoms with Crippen molar-refractivity contribution in [2.45, 2.75) is 32.5 Å². The van der Waals surface area contributed by atoms with Crippen molar-refractivity contribution in [2.24, 2.45) is 0 Å². The molecule has 1 amide bonds. The first-order valence-electron chi connectivity index (χ1n) is 5.81. The molecule has 0 bridgehead atoms. The van der Waals surface area contributed by atoms with E-state index in [0.29, 0.717) is 0 Å². The summed E-state index contributed by atoms with van der Waals surface area (Å²) in [5.74, 6) is 0. The lowest BCUT2D eigenvalue weighted by molar-refractivity contribution is 0.0205. The van der Waals surface area contributed by atoms with Gasteiger partial charge in [0.15, 0.2) is 0 Å². The number of carbonyl (C=O) groups excluding carboxylic acids is 1. The van der Waals surface area contributed by atoms with Crippen LogP contribution in [0.15, 0.2) is 24.5 Å². The van der Waals surface area contributed by atoms with Gasteiger partial charge in [0.1, 0.15) is 5.60 Å². The van der Waals surface area contributed by atoms with Crippen LogP contribution < -0.4 is 0 Å². The van der Waals surface area contributed by atoms with Gasteiger partial charge in [-0.2, -0.15) is 0 Å². The standard InChI is InChI=1S/C13H20N2O3/c1-13(2,3)18-12(17)15(4)9-11(16)10-5-7-14-8-6-10/h5-8,11,16H,9H2,1-4H3. The molecule has 1 N–H and O–H groups in total. The van der Waals surface area contributed by atoms with Crippen molar-refractivity contribution < 1.29 is 14.6 Å². The third-order valence-electron chi connectivity index (χ3n) is 2.24. The molecule has 1 aromatic rings. The Morgan fingerprint density at radius 1 is 1.44 bits per heavy atom. The molecule has 0 spiro atoms. The van der Waals surface area contributed by atoms with Crippen LogP contribution in [0.3, 0.4) is 0 Å². The molecule has 0 aliphatic rings. The highest BCUT2D eigenvalue weighted by atomic mass is 16.6. The van der Waals surface area contributed by atoms with E-state index in [-0.39, 0.29) is 6.54 Å². The summed E-state index contributed by atoms with van der Waals surface area (Å²) < 4.78 is 5.20. The Morgan fingerprint density at radius 2 is 2.00 bits per heavy atom. The number of likely N-dealkylation sites (N-methyl/N-ethyl adjacent to an activating group) is 1. The number of aromatic nitrogens is 1. The Labute approximate surface area is 107 Å². The van der Waals surface area contributed by atoms with Gasteiger partial charge in [0.25, 0.3) is 0 Å². The average Bonchev–Trinajstić information content (AvgIpc) is 2.27. The zero-order valence-corrected chi connectivity index (χ0v) is 11.3. The Balaban J connectivity index is 2.55. The minimum Gasteiger partial charge on any atom is -0.444 e. The monoisotopic (exact) mass is 252 g/mol. The van der Waals surface area contributed by atoms with E-state index in [4.69, 9.17) is 4.74 Å². The SMILES string of the molecule is CN(CC(O)c1ccncc1)C(=O)OC(C)(C)C. The fourth-order valence-corrected chi connectivity index (χ4v) is 1.36. The van der Waals surface area contributed by atoms with E-state index in [1.165, 1.54) is 4.90 Å². The summed E-state index contributed by atoms with van der Waals surface area (Å²) in [4.78, 5) is 16.9. The summed E-state index contributed by atoms with van der Waals surface area (Å²) in [7, 11) is 1.60. The molecule has 1 heterocycles. The van der Waals surface area contributed by atoms with Crippen LogP contribution in [-0.2, 0) is 4.74 Å². The van der Waals surface area contributed by atoms with E-state index >= 15 is 0 Å². The van der Waals surface area contributed by atoms with Gasteiger partial charge in [-0.15, -0.1) is 0 Å². The Hall–Kier alpha value is -1.62. The largest absolute Gasteiger partial charge is 0.444 e. The fourth-order valence-electron chi connectivity index (χ4n) is 1.36. The second-order valence-corrected chi connectivity index (χ2v) is 5.16. The topological polar surface area (TPSA) is 62.7 Å². The summed E-state index contributed by atoms with van der Waals surface area (Å²) in [6.45, 7) is 5.59. The number of hydrogen-bond acceptors (Lipinski definition) is 4. The first-order valence-corrected chi connectivity index (χ1v) is 5.81. The zero-order valence-electron chi connectivity index (χ0n) is 11.3. The van der Waals surface area contributed by atoms with Gasteiger partial charge in [-0.25, -0.2) is 4.79 Å². The maximum atomic E-state index is 11.7. The van der Waals surface area contributed by atoms with Crippen molar-refractivity contribution in [2.75, 3.05) is 13.6 Å². The Bertz CT molecular complexity index is 387. The molecule has 1 aromatic heterocycles. The number of carbonyl (C=O) groups is 1. The average molecular weight is 252 g/mol. The van der Waals surface area contributed by atoms with Gasteiger partial charge in [0.2, 0.25) is 0 Å². The van der Waals surface area contributed by atoms with E-state index < -0.39 is 17.8 Å². The van der Waals surface area contributed by atoms with Crippen molar-refractivity contribution in [1.82, 2.24) is 9.88 Å². The predicted molar refractivity (Wildman–Crippen MR) is 68.1 cm³/mol. The van der Waals surface area contributed by atoms with Crippen molar-refractivity contribution >= 4 is 6.09 Å². The molecule has 0 aliphatic carbocycles. The molecule has 0 saturated heterocycles. The van der Waals surface area contributed by atoms with Crippen molar-refractivity contribution in [3.63, 3.8) is 0 Å². The molecule has 1 atom stereocenters. The number of hydrogen-bond donors (Lipinski definition) is 1. The van der Waals surface area contributed by atoms with Crippen LogP contribution in [0, 0.1) is 0 Å². The number of ether oxygens (including phenoxy) is 1. The van der Waals surface area contributed by atoms with Crippen molar-refractivity contribution in [3.8, 4) is 0 Å². The molecule has 0 fully saturated rings. The van der Waals surface area contributed by atoms with Crippen molar-refractivity contribution in [1.29, 1.82) is 0 Å². The Kier molecular flexibility index (Phi) is 4.67. The molecule has 0 aliphatic heterocycles. The van der Waals surface area contributed by atoms with E-state index in [0.717, 1.165) is 5.56 Å². The van der Waals surface area contributed by atoms with E-state index in [1.807, 2.05) is 0 Å². The summed E-state index contributed by atoms with van der Waals surface area (Å²) in [5.41, 5.74) is 0.188. The molecule has 5 nitrogen and oxygen atoms in total. The van der Waals surface area contributed by atoms with Gasteiger partial charge >= 0.3 is 6.09 Å². The van der Waals surface area contributed by atoms with Crippen LogP contribution in [0.5, 0.6) is 0 Å². The third kappa shape index (κ3) is 4.71. The first-order chi connectivity index (χ1) is 8.29. The van der Waals surface area contributed by atoms with Crippen LogP contribution in [0.4, 0.5) is 4.79 Å². The minimum atomic E-state index is -0.745. The fraction of sp³-hybridized carbons (Fsp3) is 0.538. The molecule has 5 heteroatoms. The second-order valence-electron chi connectivity index (χ2n) is 5.16. The number of rotatable bonds is 3. The summed E-state index contributed by atoms with van der Waals surface area (Å²) in [5, 5.41) is 9.96. The lowest BCUT2D eigenvalue weighted by Gasteiger charge is -2.26. The smallest absolute Gasteiger partial charge is 0.410 e. The van der Waals surface area contributed by atoms with E-state index in [2.05, 4.69) is 4.98 Å². The maximum absolute atomic E-state index is 11.7. The second kappa shape index (κ2) is 5.82. The molecule has 0 radical (unpaired) electrons. The van der Waals surface area contributed by atoms with Crippen LogP contribution in [0.1, 0.15) is 32.4 Å². The molecular formula is C13H20N2O3. The predicted octanol–water partition coefficient (Wildman–Crippen LogP) is 1.98. The van der Waals surface area contributed by atoms with Gasteiger partial charge in [0, 0.05) is 19.4 Å². The Morgan fingerprint density at radius 3 is 2.50 bits per heavy atom. The molecule has 1 unspecified atom stereocenters. The molecular weight excluding hydrogens is 232 g/mol. The van der Waals surface area contributed by atoms with E-state index in [9.17, 15) is 9.90 Å². The minimum absolute atomic E-state index is 0.179. The molecule has 0 aromatic carbocycles. The van der Waals surface area contributed by atoms with Gasteiger partial charge in [-0.05, 0) is 38.5 Å². The normalized spacial score (nSPS) is 12.9. The van der Waals surface area contributed by atoms with Gasteiger partial charge in [-0.3, -0.25) is 4.98 Å². The quantitative estimate of drug-likeness (QED) is 0.893. The maximum Gasteiger partial charge on any atom is 0.410 e. The van der Waals surface area contributed by atoms with Crippen LogP contribution >= 0.6 is 0 Å². The number of pyridine rings is 1. The third-order valence-corrected chi connectivity index (χ3v) is 2.24. The van der Waals surface area contributed by atoms with Crippen LogP contribution in [-0.4, -0.2) is 40.3 Å². The van der Waals surface area contributed by atoms with Crippen molar-refractivity contribution in [3.05, 3.63) is 30.1 Å². The van der Waals surface area contributed by atoms with Gasteiger partial charge in [0.05, 0.1) is 12.6 Å². The highest BCUT2D eigenvalue weighted by molar-refractivity contribution is 5.67. The van der Waals surface area contributed by atoms with Gasteiger partial charge < -0.3 is 14.7 Å². The lowest BCUT2D eigenvalue weighted by atomic mass is 10.1. The highest BCUT2D eigenvalue weighted by Crippen LogP contribution is 2.14. The highest BCUT2D eigenvalue weighted by Gasteiger charge is 2.21. The number of nitrogens with zero attached hydrogens (tertiary/aromatic N) is 2. The molecule has 1 rings (SSSR count). The van der Waals surface area contributed by atoms with Crippen LogP contribution in [0.2, 0.25) is 0 Å². The molecule has 18 heavy (non-hydrogen) atoms.